The van der Waals surface area contributed by atoms with Gasteiger partial charge >= 0.3 is 5.97 Å². The van der Waals surface area contributed by atoms with Crippen LogP contribution in [0.2, 0.25) is 0 Å². The minimum Gasteiger partial charge on any atom is -0.480 e. The highest BCUT2D eigenvalue weighted by Crippen LogP contribution is 2.22. The molecule has 112 valence electrons. The van der Waals surface area contributed by atoms with Crippen molar-refractivity contribution in [3.63, 3.8) is 0 Å². The summed E-state index contributed by atoms with van der Waals surface area (Å²) >= 11 is 0. The molecule has 0 saturated heterocycles. The topological polar surface area (TPSA) is 79.5 Å². The number of rotatable bonds is 6. The van der Waals surface area contributed by atoms with Crippen LogP contribution in [0.1, 0.15) is 56.7 Å². The molecular formula is C15H23NO4. The van der Waals surface area contributed by atoms with Crippen LogP contribution < -0.4 is 5.32 Å². The summed E-state index contributed by atoms with van der Waals surface area (Å²) in [7, 11) is 0. The fourth-order valence-corrected chi connectivity index (χ4v) is 1.89. The first-order valence-corrected chi connectivity index (χ1v) is 6.84. The van der Waals surface area contributed by atoms with Crippen molar-refractivity contribution in [2.75, 3.05) is 0 Å². The van der Waals surface area contributed by atoms with Gasteiger partial charge in [-0.1, -0.05) is 27.7 Å². The highest BCUT2D eigenvalue weighted by atomic mass is 16.4. The van der Waals surface area contributed by atoms with Crippen LogP contribution in [-0.2, 0) is 11.2 Å². The van der Waals surface area contributed by atoms with E-state index in [9.17, 15) is 14.7 Å². The van der Waals surface area contributed by atoms with Gasteiger partial charge < -0.3 is 14.8 Å². The zero-order valence-corrected chi connectivity index (χ0v) is 12.5. The van der Waals surface area contributed by atoms with Gasteiger partial charge in [0.15, 0.2) is 0 Å². The van der Waals surface area contributed by atoms with Gasteiger partial charge in [-0.05, 0) is 24.3 Å². The van der Waals surface area contributed by atoms with Gasteiger partial charge in [-0.15, -0.1) is 0 Å². The summed E-state index contributed by atoms with van der Waals surface area (Å²) in [6, 6.07) is 0.693. The highest BCUT2D eigenvalue weighted by molar-refractivity contribution is 5.97. The number of furan rings is 1. The van der Waals surface area contributed by atoms with Crippen LogP contribution >= 0.6 is 0 Å². The van der Waals surface area contributed by atoms with E-state index in [1.807, 2.05) is 27.7 Å². The molecule has 5 heteroatoms. The Labute approximate surface area is 119 Å². The largest absolute Gasteiger partial charge is 0.480 e. The minimum atomic E-state index is -1.01. The molecule has 0 aliphatic rings. The van der Waals surface area contributed by atoms with Gasteiger partial charge in [0, 0.05) is 6.42 Å². The molecule has 1 unspecified atom stereocenters. The molecule has 0 aromatic carbocycles. The molecule has 1 rings (SSSR count). The van der Waals surface area contributed by atoms with Crippen molar-refractivity contribution >= 4 is 11.9 Å². The molecule has 0 aliphatic carbocycles. The van der Waals surface area contributed by atoms with Gasteiger partial charge in [-0.3, -0.25) is 4.79 Å². The summed E-state index contributed by atoms with van der Waals surface area (Å²) in [6.07, 6.45) is 3.16. The smallest absolute Gasteiger partial charge is 0.326 e. The molecule has 5 nitrogen and oxygen atoms in total. The molecule has 1 atom stereocenters. The first kappa shape index (κ1) is 16.3. The molecule has 0 bridgehead atoms. The average molecular weight is 281 g/mol. The van der Waals surface area contributed by atoms with Crippen LogP contribution in [-0.4, -0.2) is 23.0 Å². The Bertz CT molecular complexity index is 470. The maximum atomic E-state index is 12.1. The zero-order chi connectivity index (χ0) is 15.3. The standard InChI is InChI=1S/C15H23NO4/c1-5-12-10(7-9-20-12)13(17)16-11(14(18)19)6-8-15(2,3)4/h7,9,11H,5-6,8H2,1-4H3,(H,16,17)(H,18,19). The van der Waals surface area contributed by atoms with Crippen LogP contribution in [0.5, 0.6) is 0 Å². The number of carboxylic acids is 1. The Balaban J connectivity index is 2.71. The third-order valence-electron chi connectivity index (χ3n) is 3.10. The van der Waals surface area contributed by atoms with Gasteiger partial charge in [0.05, 0.1) is 11.8 Å². The summed E-state index contributed by atoms with van der Waals surface area (Å²) in [4.78, 5) is 23.3. The summed E-state index contributed by atoms with van der Waals surface area (Å²) in [5.41, 5.74) is 0.442. The lowest BCUT2D eigenvalue weighted by atomic mass is 9.88. The van der Waals surface area contributed by atoms with E-state index >= 15 is 0 Å². The van der Waals surface area contributed by atoms with E-state index < -0.39 is 17.9 Å². The van der Waals surface area contributed by atoms with Crippen molar-refractivity contribution in [3.8, 4) is 0 Å². The Kier molecular flexibility index (Phi) is 5.36. The Morgan fingerprint density at radius 2 is 2.05 bits per heavy atom. The first-order chi connectivity index (χ1) is 9.24. The monoisotopic (exact) mass is 281 g/mol. The molecule has 0 spiro atoms. The number of hydrogen-bond acceptors (Lipinski definition) is 3. The minimum absolute atomic E-state index is 0.0304. The first-order valence-electron chi connectivity index (χ1n) is 6.84. The van der Waals surface area contributed by atoms with E-state index in [0.717, 1.165) is 6.42 Å². The second-order valence-electron chi connectivity index (χ2n) is 6.07. The zero-order valence-electron chi connectivity index (χ0n) is 12.5. The molecule has 1 heterocycles. The van der Waals surface area contributed by atoms with Crippen LogP contribution in [0.4, 0.5) is 0 Å². The summed E-state index contributed by atoms with van der Waals surface area (Å²) in [5, 5.41) is 11.8. The van der Waals surface area contributed by atoms with Gasteiger partial charge in [0.1, 0.15) is 11.8 Å². The summed E-state index contributed by atoms with van der Waals surface area (Å²) < 4.78 is 5.18. The third-order valence-corrected chi connectivity index (χ3v) is 3.10. The second-order valence-corrected chi connectivity index (χ2v) is 6.07. The maximum absolute atomic E-state index is 12.1. The van der Waals surface area contributed by atoms with E-state index in [2.05, 4.69) is 5.32 Å². The fraction of sp³-hybridized carbons (Fsp3) is 0.600. The second kappa shape index (κ2) is 6.59. The molecule has 0 saturated carbocycles. The normalized spacial score (nSPS) is 13.0. The molecule has 0 fully saturated rings. The number of aliphatic carboxylic acids is 1. The predicted octanol–water partition coefficient (Wildman–Crippen LogP) is 2.85. The number of aryl methyl sites for hydroxylation is 1. The highest BCUT2D eigenvalue weighted by Gasteiger charge is 2.24. The number of amides is 1. The van der Waals surface area contributed by atoms with Crippen molar-refractivity contribution in [1.29, 1.82) is 0 Å². The van der Waals surface area contributed by atoms with Crippen molar-refractivity contribution < 1.29 is 19.1 Å². The lowest BCUT2D eigenvalue weighted by Gasteiger charge is -2.21. The van der Waals surface area contributed by atoms with Crippen LogP contribution in [0, 0.1) is 5.41 Å². The van der Waals surface area contributed by atoms with Crippen molar-refractivity contribution in [2.45, 2.75) is 53.0 Å². The quantitative estimate of drug-likeness (QED) is 0.840. The maximum Gasteiger partial charge on any atom is 0.326 e. The molecule has 2 N–H and O–H groups in total. The number of carboxylic acid groups (broad SMARTS) is 1. The lowest BCUT2D eigenvalue weighted by Crippen LogP contribution is -2.41. The van der Waals surface area contributed by atoms with E-state index in [1.165, 1.54) is 6.26 Å². The van der Waals surface area contributed by atoms with Crippen LogP contribution in [0.15, 0.2) is 16.7 Å². The lowest BCUT2D eigenvalue weighted by molar-refractivity contribution is -0.139. The van der Waals surface area contributed by atoms with Gasteiger partial charge in [-0.2, -0.15) is 0 Å². The van der Waals surface area contributed by atoms with E-state index in [1.54, 1.807) is 6.07 Å². The fourth-order valence-electron chi connectivity index (χ4n) is 1.89. The SMILES string of the molecule is CCc1occc1C(=O)NC(CCC(C)(C)C)C(=O)O. The van der Waals surface area contributed by atoms with Crippen LogP contribution in [0.3, 0.4) is 0 Å². The number of carbonyl (C=O) groups is 2. The van der Waals surface area contributed by atoms with E-state index in [0.29, 0.717) is 24.2 Å². The summed E-state index contributed by atoms with van der Waals surface area (Å²) in [5.74, 6) is -0.830. The molecular weight excluding hydrogens is 258 g/mol. The van der Waals surface area contributed by atoms with Gasteiger partial charge in [0.2, 0.25) is 0 Å². The molecule has 1 amide bonds. The number of hydrogen-bond donors (Lipinski definition) is 2. The third kappa shape index (κ3) is 4.72. The predicted molar refractivity (Wildman–Crippen MR) is 75.7 cm³/mol. The Morgan fingerprint density at radius 3 is 2.55 bits per heavy atom. The molecule has 0 radical (unpaired) electrons. The van der Waals surface area contributed by atoms with Gasteiger partial charge in [0.25, 0.3) is 5.91 Å². The van der Waals surface area contributed by atoms with Crippen molar-refractivity contribution in [3.05, 3.63) is 23.7 Å². The summed E-state index contributed by atoms with van der Waals surface area (Å²) in [6.45, 7) is 8.00. The number of carbonyl (C=O) groups excluding carboxylic acids is 1. The van der Waals surface area contributed by atoms with Crippen LogP contribution in [0.25, 0.3) is 0 Å². The Morgan fingerprint density at radius 1 is 1.40 bits per heavy atom. The number of nitrogens with one attached hydrogen (secondary N) is 1. The van der Waals surface area contributed by atoms with Crippen molar-refractivity contribution in [1.82, 2.24) is 5.32 Å². The average Bonchev–Trinajstić information content (AvgIpc) is 2.80. The Hall–Kier alpha value is -1.78. The van der Waals surface area contributed by atoms with E-state index in [4.69, 9.17) is 4.42 Å². The molecule has 1 aromatic rings. The van der Waals surface area contributed by atoms with E-state index in [-0.39, 0.29) is 5.41 Å². The molecule has 0 aliphatic heterocycles. The molecule has 20 heavy (non-hydrogen) atoms. The van der Waals surface area contributed by atoms with Crippen molar-refractivity contribution in [2.24, 2.45) is 5.41 Å². The molecule has 1 aromatic heterocycles. The van der Waals surface area contributed by atoms with Gasteiger partial charge in [-0.25, -0.2) is 4.79 Å².